The van der Waals surface area contributed by atoms with E-state index < -0.39 is 0 Å². The Kier molecular flexibility index (Phi) is 4.42. The molecule has 2 aromatic rings. The summed E-state index contributed by atoms with van der Waals surface area (Å²) >= 11 is 0. The highest BCUT2D eigenvalue weighted by Gasteiger charge is 2.31. The first-order valence-electron chi connectivity index (χ1n) is 8.47. The van der Waals surface area contributed by atoms with Gasteiger partial charge in [-0.3, -0.25) is 4.79 Å². The van der Waals surface area contributed by atoms with E-state index in [0.717, 1.165) is 22.8 Å². The van der Waals surface area contributed by atoms with E-state index in [2.05, 4.69) is 10.4 Å². The lowest BCUT2D eigenvalue weighted by Gasteiger charge is -2.22. The van der Waals surface area contributed by atoms with Gasteiger partial charge in [0, 0.05) is 12.6 Å². The van der Waals surface area contributed by atoms with Crippen molar-refractivity contribution in [3.05, 3.63) is 51.9 Å². The monoisotopic (exact) mass is 343 g/mol. The van der Waals surface area contributed by atoms with Gasteiger partial charge < -0.3 is 19.5 Å². The van der Waals surface area contributed by atoms with Gasteiger partial charge in [-0.1, -0.05) is 6.07 Å². The molecular formula is C18H21N3O4. The molecule has 0 bridgehead atoms. The van der Waals surface area contributed by atoms with E-state index in [4.69, 9.17) is 14.2 Å². The Balaban J connectivity index is 1.47. The zero-order valence-corrected chi connectivity index (χ0v) is 14.1. The summed E-state index contributed by atoms with van der Waals surface area (Å²) in [6, 6.07) is 9.14. The Morgan fingerprint density at radius 3 is 2.88 bits per heavy atom. The Labute approximate surface area is 145 Å². The van der Waals surface area contributed by atoms with Crippen LogP contribution in [0.4, 0.5) is 0 Å². The van der Waals surface area contributed by atoms with E-state index >= 15 is 0 Å². The molecule has 2 unspecified atom stereocenters. The van der Waals surface area contributed by atoms with Crippen LogP contribution in [0.1, 0.15) is 17.3 Å². The van der Waals surface area contributed by atoms with E-state index in [-0.39, 0.29) is 17.6 Å². The lowest BCUT2D eigenvalue weighted by atomic mass is 10.1. The average molecular weight is 343 g/mol. The van der Waals surface area contributed by atoms with Crippen molar-refractivity contribution in [1.29, 1.82) is 0 Å². The molecule has 2 aliphatic rings. The van der Waals surface area contributed by atoms with E-state index in [1.54, 1.807) is 12.1 Å². The van der Waals surface area contributed by atoms with Gasteiger partial charge in [0.2, 0.25) is 0 Å². The van der Waals surface area contributed by atoms with Crippen LogP contribution in [0.15, 0.2) is 35.1 Å². The van der Waals surface area contributed by atoms with Crippen LogP contribution in [0.2, 0.25) is 0 Å². The fourth-order valence-electron chi connectivity index (χ4n) is 3.18. The second kappa shape index (κ2) is 6.85. The molecule has 0 amide bonds. The minimum atomic E-state index is -0.107. The maximum Gasteiger partial charge on any atom is 0.267 e. The highest BCUT2D eigenvalue weighted by atomic mass is 16.6. The van der Waals surface area contributed by atoms with Crippen molar-refractivity contribution >= 4 is 0 Å². The quantitative estimate of drug-likeness (QED) is 0.895. The van der Waals surface area contributed by atoms with Gasteiger partial charge in [-0.25, -0.2) is 4.68 Å². The number of aromatic nitrogens is 2. The highest BCUT2D eigenvalue weighted by molar-refractivity contribution is 5.43. The van der Waals surface area contributed by atoms with Crippen molar-refractivity contribution < 1.29 is 14.2 Å². The first-order valence-corrected chi connectivity index (χ1v) is 8.47. The number of nitrogens with one attached hydrogen (secondary N) is 1. The summed E-state index contributed by atoms with van der Waals surface area (Å²) in [7, 11) is 0. The SMILES string of the molecule is Cc1ccc(=O)n(C2COCC2NCc2ccc3c(c2)OCCO3)n1. The molecule has 1 saturated heterocycles. The summed E-state index contributed by atoms with van der Waals surface area (Å²) < 4.78 is 18.3. The smallest absolute Gasteiger partial charge is 0.267 e. The standard InChI is InChI=1S/C18H21N3O4/c1-12-2-5-18(22)21(20-12)15-11-23-10-14(15)19-9-13-3-4-16-17(8-13)25-7-6-24-16/h2-5,8,14-15,19H,6-7,9-11H2,1H3. The third kappa shape index (κ3) is 3.38. The van der Waals surface area contributed by atoms with E-state index in [1.165, 1.54) is 4.68 Å². The van der Waals surface area contributed by atoms with Crippen molar-refractivity contribution in [2.24, 2.45) is 0 Å². The van der Waals surface area contributed by atoms with Gasteiger partial charge in [-0.2, -0.15) is 5.10 Å². The molecular weight excluding hydrogens is 322 g/mol. The van der Waals surface area contributed by atoms with Crippen molar-refractivity contribution in [1.82, 2.24) is 15.1 Å². The van der Waals surface area contributed by atoms with Gasteiger partial charge >= 0.3 is 0 Å². The third-order valence-corrected chi connectivity index (χ3v) is 4.50. The van der Waals surface area contributed by atoms with Crippen LogP contribution in [0.3, 0.4) is 0 Å². The van der Waals surface area contributed by atoms with Crippen molar-refractivity contribution in [2.75, 3.05) is 26.4 Å². The highest BCUT2D eigenvalue weighted by Crippen LogP contribution is 2.30. The van der Waals surface area contributed by atoms with E-state index in [1.807, 2.05) is 25.1 Å². The van der Waals surface area contributed by atoms with Crippen LogP contribution in [0.5, 0.6) is 11.5 Å². The molecule has 0 saturated carbocycles. The minimum Gasteiger partial charge on any atom is -0.486 e. The second-order valence-electron chi connectivity index (χ2n) is 6.33. The summed E-state index contributed by atoms with van der Waals surface area (Å²) in [4.78, 5) is 12.1. The van der Waals surface area contributed by atoms with Gasteiger partial charge in [-0.05, 0) is 30.7 Å². The number of benzene rings is 1. The predicted molar refractivity (Wildman–Crippen MR) is 91.1 cm³/mol. The second-order valence-corrected chi connectivity index (χ2v) is 6.33. The molecule has 1 aromatic carbocycles. The van der Waals surface area contributed by atoms with Crippen molar-refractivity contribution in [2.45, 2.75) is 25.6 Å². The number of nitrogens with zero attached hydrogens (tertiary/aromatic N) is 2. The molecule has 0 spiro atoms. The third-order valence-electron chi connectivity index (χ3n) is 4.50. The number of hydrogen-bond donors (Lipinski definition) is 1. The molecule has 1 fully saturated rings. The normalized spacial score (nSPS) is 22.1. The van der Waals surface area contributed by atoms with Crippen LogP contribution < -0.4 is 20.3 Å². The van der Waals surface area contributed by atoms with E-state index in [0.29, 0.717) is 33.0 Å². The molecule has 132 valence electrons. The maximum absolute atomic E-state index is 12.1. The summed E-state index contributed by atoms with van der Waals surface area (Å²) in [5.74, 6) is 1.56. The molecule has 25 heavy (non-hydrogen) atoms. The molecule has 0 radical (unpaired) electrons. The topological polar surface area (TPSA) is 74.6 Å². The van der Waals surface area contributed by atoms with Gasteiger partial charge in [0.25, 0.3) is 5.56 Å². The Morgan fingerprint density at radius 2 is 2.00 bits per heavy atom. The lowest BCUT2D eigenvalue weighted by Crippen LogP contribution is -2.41. The Morgan fingerprint density at radius 1 is 1.16 bits per heavy atom. The first kappa shape index (κ1) is 16.1. The number of aryl methyl sites for hydroxylation is 1. The number of ether oxygens (including phenoxy) is 3. The van der Waals surface area contributed by atoms with Crippen LogP contribution in [-0.4, -0.2) is 42.2 Å². The molecule has 1 N–H and O–H groups in total. The minimum absolute atomic E-state index is 0.0280. The van der Waals surface area contributed by atoms with Crippen LogP contribution >= 0.6 is 0 Å². The molecule has 7 nitrogen and oxygen atoms in total. The molecule has 2 aliphatic heterocycles. The fraction of sp³-hybridized carbons (Fsp3) is 0.444. The molecule has 7 heteroatoms. The van der Waals surface area contributed by atoms with E-state index in [9.17, 15) is 4.79 Å². The number of rotatable bonds is 4. The van der Waals surface area contributed by atoms with Crippen LogP contribution in [0, 0.1) is 6.92 Å². The Bertz CT molecular complexity index is 820. The summed E-state index contributed by atoms with van der Waals surface area (Å²) in [6.45, 7) is 4.73. The largest absolute Gasteiger partial charge is 0.486 e. The molecule has 4 rings (SSSR count). The lowest BCUT2D eigenvalue weighted by molar-refractivity contribution is 0.171. The zero-order chi connectivity index (χ0) is 17.2. The molecule has 3 heterocycles. The van der Waals surface area contributed by atoms with Crippen LogP contribution in [-0.2, 0) is 11.3 Å². The molecule has 2 atom stereocenters. The number of hydrogen-bond acceptors (Lipinski definition) is 6. The van der Waals surface area contributed by atoms with Crippen LogP contribution in [0.25, 0.3) is 0 Å². The fourth-order valence-corrected chi connectivity index (χ4v) is 3.18. The van der Waals surface area contributed by atoms with Crippen molar-refractivity contribution in [3.63, 3.8) is 0 Å². The van der Waals surface area contributed by atoms with Gasteiger partial charge in [0.15, 0.2) is 11.5 Å². The number of fused-ring (bicyclic) bond motifs is 1. The zero-order valence-electron chi connectivity index (χ0n) is 14.1. The summed E-state index contributed by atoms with van der Waals surface area (Å²) in [6.07, 6.45) is 0. The summed E-state index contributed by atoms with van der Waals surface area (Å²) in [5, 5.41) is 7.84. The first-order chi connectivity index (χ1) is 12.2. The van der Waals surface area contributed by atoms with Gasteiger partial charge in [-0.15, -0.1) is 0 Å². The van der Waals surface area contributed by atoms with Crippen molar-refractivity contribution in [3.8, 4) is 11.5 Å². The van der Waals surface area contributed by atoms with Gasteiger partial charge in [0.1, 0.15) is 13.2 Å². The average Bonchev–Trinajstić information content (AvgIpc) is 3.10. The maximum atomic E-state index is 12.1. The molecule has 1 aromatic heterocycles. The van der Waals surface area contributed by atoms with Gasteiger partial charge in [0.05, 0.1) is 31.0 Å². The predicted octanol–water partition coefficient (Wildman–Crippen LogP) is 1.05. The summed E-state index contributed by atoms with van der Waals surface area (Å²) in [5.41, 5.74) is 1.81. The molecule has 0 aliphatic carbocycles. The Hall–Kier alpha value is -2.38.